The predicted octanol–water partition coefficient (Wildman–Crippen LogP) is 2.44. The molecule has 2 aromatic rings. The van der Waals surface area contributed by atoms with E-state index >= 15 is 0 Å². The van der Waals surface area contributed by atoms with Crippen LogP contribution in [-0.2, 0) is 4.79 Å². The minimum atomic E-state index is -1.83. The number of nitrogens with two attached hydrogens (primary N) is 1. The molecule has 0 bridgehead atoms. The summed E-state index contributed by atoms with van der Waals surface area (Å²) in [4.78, 5) is 28.3. The number of carbonyl (C=O) groups excluding carboxylic acids is 2. The first-order valence-electron chi connectivity index (χ1n) is 8.27. The molecule has 3 N–H and O–H groups in total. The van der Waals surface area contributed by atoms with E-state index < -0.39 is 23.5 Å². The Morgan fingerprint density at radius 1 is 1.54 bits per heavy atom. The van der Waals surface area contributed by atoms with Crippen LogP contribution in [-0.4, -0.2) is 41.4 Å². The lowest BCUT2D eigenvalue weighted by atomic mass is 9.99. The first-order valence-corrected chi connectivity index (χ1v) is 9.49. The van der Waals surface area contributed by atoms with Gasteiger partial charge in [0.1, 0.15) is 6.61 Å². The summed E-state index contributed by atoms with van der Waals surface area (Å²) in [7, 11) is 0. The Bertz CT molecular complexity index is 876. The van der Waals surface area contributed by atoms with Crippen molar-refractivity contribution in [1.29, 1.82) is 0 Å². The topological polar surface area (TPSA) is 94.3 Å². The number of thioether (sulfide) groups is 1. The van der Waals surface area contributed by atoms with Crippen molar-refractivity contribution in [3.05, 3.63) is 30.0 Å². The number of carbonyl (C=O) groups is 2. The number of hydrogen-bond acceptors (Lipinski definition) is 5. The minimum absolute atomic E-state index is 0.0784. The van der Waals surface area contributed by atoms with Crippen LogP contribution < -0.4 is 15.8 Å². The molecule has 6 nitrogen and oxygen atoms in total. The molecule has 1 aliphatic heterocycles. The van der Waals surface area contributed by atoms with Crippen LogP contribution in [0.5, 0.6) is 5.88 Å². The third-order valence-corrected chi connectivity index (χ3v) is 5.38. The maximum atomic E-state index is 14.4. The summed E-state index contributed by atoms with van der Waals surface area (Å²) >= 11 is 1.40. The second kappa shape index (κ2) is 7.11. The number of rotatable bonds is 6. The fourth-order valence-corrected chi connectivity index (χ4v) is 3.70. The average molecular weight is 377 g/mol. The van der Waals surface area contributed by atoms with Crippen LogP contribution >= 0.6 is 11.8 Å². The van der Waals surface area contributed by atoms with Crippen LogP contribution in [0.3, 0.4) is 0 Å². The van der Waals surface area contributed by atoms with Gasteiger partial charge in [0, 0.05) is 22.9 Å². The Kier molecular flexibility index (Phi) is 5.04. The summed E-state index contributed by atoms with van der Waals surface area (Å²) in [6.07, 6.45) is 3.63. The number of ether oxygens (including phenoxy) is 1. The van der Waals surface area contributed by atoms with Crippen molar-refractivity contribution in [1.82, 2.24) is 10.3 Å². The number of nitrogens with one attached hydrogen (secondary N) is 1. The molecule has 138 valence electrons. The van der Waals surface area contributed by atoms with Gasteiger partial charge >= 0.3 is 0 Å². The standard InChI is InChI=1S/C18H20FN3O3S/c1-3-18(19)8-11(22-17(18)24)9-25-16-12-7-14(26-2)13(15(20)23)6-10(12)4-5-21-16/h4-7,11H,3,8-9H2,1-2H3,(H2,20,23)(H,22,24)/t11-,18+/m0/s1. The van der Waals surface area contributed by atoms with Crippen LogP contribution in [0.2, 0.25) is 0 Å². The number of fused-ring (bicyclic) bond motifs is 1. The second-order valence-corrected chi connectivity index (χ2v) is 7.11. The van der Waals surface area contributed by atoms with Crippen LogP contribution in [0.15, 0.2) is 29.3 Å². The summed E-state index contributed by atoms with van der Waals surface area (Å²) < 4.78 is 20.1. The summed E-state index contributed by atoms with van der Waals surface area (Å²) in [6, 6.07) is 4.87. The molecule has 2 heterocycles. The Hall–Kier alpha value is -2.35. The predicted molar refractivity (Wildman–Crippen MR) is 98.2 cm³/mol. The average Bonchev–Trinajstić information content (AvgIpc) is 2.93. The van der Waals surface area contributed by atoms with Crippen LogP contribution in [0.25, 0.3) is 10.8 Å². The van der Waals surface area contributed by atoms with E-state index in [9.17, 15) is 14.0 Å². The number of aromatic nitrogens is 1. The molecule has 26 heavy (non-hydrogen) atoms. The number of hydrogen-bond donors (Lipinski definition) is 2. The molecule has 2 amide bonds. The van der Waals surface area contributed by atoms with E-state index in [0.717, 1.165) is 15.7 Å². The number of alkyl halides is 1. The van der Waals surface area contributed by atoms with Crippen molar-refractivity contribution in [3.63, 3.8) is 0 Å². The summed E-state index contributed by atoms with van der Waals surface area (Å²) in [6.45, 7) is 1.77. The molecule has 1 aromatic carbocycles. The molecule has 0 aliphatic carbocycles. The molecule has 0 radical (unpaired) electrons. The van der Waals surface area contributed by atoms with E-state index in [1.54, 1.807) is 31.3 Å². The Morgan fingerprint density at radius 3 is 2.92 bits per heavy atom. The largest absolute Gasteiger partial charge is 0.475 e. The summed E-state index contributed by atoms with van der Waals surface area (Å²) in [5, 5.41) is 4.13. The zero-order valence-electron chi connectivity index (χ0n) is 14.5. The van der Waals surface area contributed by atoms with Gasteiger partial charge in [0.2, 0.25) is 11.8 Å². The smallest absolute Gasteiger partial charge is 0.258 e. The molecular formula is C18H20FN3O3S. The highest BCUT2D eigenvalue weighted by molar-refractivity contribution is 7.98. The first-order chi connectivity index (χ1) is 12.4. The maximum Gasteiger partial charge on any atom is 0.258 e. The number of pyridine rings is 1. The fraction of sp³-hybridized carbons (Fsp3) is 0.389. The van der Waals surface area contributed by atoms with Gasteiger partial charge in [0.25, 0.3) is 5.91 Å². The van der Waals surface area contributed by atoms with Crippen molar-refractivity contribution in [2.45, 2.75) is 36.4 Å². The monoisotopic (exact) mass is 377 g/mol. The Balaban J connectivity index is 1.85. The van der Waals surface area contributed by atoms with E-state index in [1.807, 2.05) is 6.26 Å². The van der Waals surface area contributed by atoms with Crippen LogP contribution in [0.4, 0.5) is 4.39 Å². The van der Waals surface area contributed by atoms with Gasteiger partial charge in [-0.2, -0.15) is 0 Å². The Morgan fingerprint density at radius 2 is 2.31 bits per heavy atom. The molecule has 1 fully saturated rings. The van der Waals surface area contributed by atoms with Crippen LogP contribution in [0.1, 0.15) is 30.1 Å². The molecule has 8 heteroatoms. The van der Waals surface area contributed by atoms with Crippen LogP contribution in [0, 0.1) is 0 Å². The number of amides is 2. The first kappa shape index (κ1) is 18.4. The van der Waals surface area contributed by atoms with Crippen molar-refractivity contribution >= 4 is 34.3 Å². The highest BCUT2D eigenvalue weighted by atomic mass is 32.2. The number of halogens is 1. The number of nitrogens with zero attached hydrogens (tertiary/aromatic N) is 1. The van der Waals surface area contributed by atoms with Crippen molar-refractivity contribution in [2.24, 2.45) is 5.73 Å². The molecular weight excluding hydrogens is 357 g/mol. The molecule has 1 aromatic heterocycles. The highest BCUT2D eigenvalue weighted by Gasteiger charge is 2.46. The number of benzene rings is 1. The van der Waals surface area contributed by atoms with Gasteiger partial charge < -0.3 is 15.8 Å². The normalized spacial score (nSPS) is 22.4. The second-order valence-electron chi connectivity index (χ2n) is 6.26. The quantitative estimate of drug-likeness (QED) is 0.754. The third-order valence-electron chi connectivity index (χ3n) is 4.61. The highest BCUT2D eigenvalue weighted by Crippen LogP contribution is 2.32. The van der Waals surface area contributed by atoms with Crippen molar-refractivity contribution in [3.8, 4) is 5.88 Å². The van der Waals surface area contributed by atoms with Gasteiger partial charge in [-0.3, -0.25) is 9.59 Å². The lowest BCUT2D eigenvalue weighted by Crippen LogP contribution is -2.34. The molecule has 1 aliphatic rings. The van der Waals surface area contributed by atoms with Gasteiger partial charge in [-0.15, -0.1) is 11.8 Å². The van der Waals surface area contributed by atoms with Crippen molar-refractivity contribution in [2.75, 3.05) is 12.9 Å². The molecule has 0 saturated carbocycles. The van der Waals surface area contributed by atoms with Gasteiger partial charge in [-0.05, 0) is 36.3 Å². The maximum absolute atomic E-state index is 14.4. The molecule has 3 rings (SSSR count). The van der Waals surface area contributed by atoms with Gasteiger partial charge in [-0.25, -0.2) is 9.37 Å². The van der Waals surface area contributed by atoms with Gasteiger partial charge in [-0.1, -0.05) is 6.92 Å². The molecule has 2 atom stereocenters. The lowest BCUT2D eigenvalue weighted by molar-refractivity contribution is -0.129. The SMILES string of the molecule is CC[C@@]1(F)C[C@@H](COc2nccc3cc(C(N)=O)c(SC)cc23)NC1=O. The van der Waals surface area contributed by atoms with Gasteiger partial charge in [0.15, 0.2) is 5.67 Å². The lowest BCUT2D eigenvalue weighted by Gasteiger charge is -2.15. The van der Waals surface area contributed by atoms with E-state index in [-0.39, 0.29) is 19.4 Å². The van der Waals surface area contributed by atoms with E-state index in [0.29, 0.717) is 11.4 Å². The molecule has 1 saturated heterocycles. The zero-order valence-corrected chi connectivity index (χ0v) is 15.4. The zero-order chi connectivity index (χ0) is 18.9. The van der Waals surface area contributed by atoms with Gasteiger partial charge in [0.05, 0.1) is 11.6 Å². The van der Waals surface area contributed by atoms with E-state index in [2.05, 4.69) is 10.3 Å². The molecule has 0 spiro atoms. The number of primary amides is 1. The van der Waals surface area contributed by atoms with E-state index in [1.165, 1.54) is 11.8 Å². The van der Waals surface area contributed by atoms with Crippen molar-refractivity contribution < 1.29 is 18.7 Å². The summed E-state index contributed by atoms with van der Waals surface area (Å²) in [5.41, 5.74) is 4.05. The van der Waals surface area contributed by atoms with E-state index in [4.69, 9.17) is 10.5 Å². The fourth-order valence-electron chi connectivity index (χ4n) is 3.08. The minimum Gasteiger partial charge on any atom is -0.475 e. The Labute approximate surface area is 154 Å². The molecule has 0 unspecified atom stereocenters. The third kappa shape index (κ3) is 3.33. The summed E-state index contributed by atoms with van der Waals surface area (Å²) in [5.74, 6) is -0.714.